The molecular formula is C16H21N. The Hall–Kier alpha value is -0.850. The summed E-state index contributed by atoms with van der Waals surface area (Å²) < 4.78 is 0. The van der Waals surface area contributed by atoms with Crippen molar-refractivity contribution < 1.29 is 0 Å². The molecular weight excluding hydrogens is 206 g/mol. The quantitative estimate of drug-likeness (QED) is 0.659. The molecule has 0 spiro atoms. The van der Waals surface area contributed by atoms with Crippen LogP contribution in [0.3, 0.4) is 0 Å². The van der Waals surface area contributed by atoms with Gasteiger partial charge in [-0.05, 0) is 66.9 Å². The van der Waals surface area contributed by atoms with Crippen molar-refractivity contribution in [2.75, 3.05) is 0 Å². The van der Waals surface area contributed by atoms with Gasteiger partial charge in [-0.2, -0.15) is 0 Å². The molecule has 1 heterocycles. The first kappa shape index (κ1) is 10.1. The Morgan fingerprint density at radius 3 is 2.82 bits per heavy atom. The van der Waals surface area contributed by atoms with E-state index in [9.17, 15) is 0 Å². The molecule has 2 atom stereocenters. The fraction of sp³-hybridized carbons (Fsp3) is 0.688. The van der Waals surface area contributed by atoms with Crippen molar-refractivity contribution in [2.45, 2.75) is 58.3 Å². The predicted octanol–water partition coefficient (Wildman–Crippen LogP) is 3.65. The molecule has 5 rings (SSSR count). The highest BCUT2D eigenvalue weighted by Gasteiger charge is 2.52. The number of pyridine rings is 1. The Morgan fingerprint density at radius 1 is 1.18 bits per heavy atom. The molecule has 1 aromatic rings. The van der Waals surface area contributed by atoms with Gasteiger partial charge in [0.05, 0.1) is 0 Å². The van der Waals surface area contributed by atoms with Gasteiger partial charge in [0.15, 0.2) is 0 Å². The van der Waals surface area contributed by atoms with Gasteiger partial charge in [0, 0.05) is 11.4 Å². The molecule has 0 amide bonds. The van der Waals surface area contributed by atoms with Crippen LogP contribution >= 0.6 is 0 Å². The normalized spacial score (nSPS) is 32.4. The van der Waals surface area contributed by atoms with E-state index in [-0.39, 0.29) is 0 Å². The zero-order chi connectivity index (χ0) is 11.6. The standard InChI is InChI=1S/C16H21N/c1-16(2)11-8-13(16)12-7-10-5-3-4-6-14(10)17-15(12)9-11/h7,11,13H,3-6,8-9H2,1-2H3/t11?,13-/m0/s1. The second-order valence-electron chi connectivity index (χ2n) is 6.85. The average Bonchev–Trinajstić information content (AvgIpc) is 2.35. The van der Waals surface area contributed by atoms with Crippen LogP contribution in [0.15, 0.2) is 6.07 Å². The number of hydrogen-bond donors (Lipinski definition) is 0. The van der Waals surface area contributed by atoms with Crippen molar-refractivity contribution in [1.82, 2.24) is 4.98 Å². The van der Waals surface area contributed by atoms with E-state index in [2.05, 4.69) is 19.9 Å². The first-order valence-electron chi connectivity index (χ1n) is 7.18. The van der Waals surface area contributed by atoms with Crippen molar-refractivity contribution in [3.63, 3.8) is 0 Å². The molecule has 90 valence electrons. The molecule has 0 saturated heterocycles. The SMILES string of the molecule is CC1(C)C2Cc3nc4c(cc3[C@@H]1C2)CCCC4. The lowest BCUT2D eigenvalue weighted by molar-refractivity contribution is 0.0167. The maximum atomic E-state index is 5.00. The summed E-state index contributed by atoms with van der Waals surface area (Å²) in [7, 11) is 0. The summed E-state index contributed by atoms with van der Waals surface area (Å²) in [5, 5.41) is 0. The van der Waals surface area contributed by atoms with Crippen LogP contribution in [-0.2, 0) is 19.3 Å². The molecule has 1 nitrogen and oxygen atoms in total. The van der Waals surface area contributed by atoms with E-state index in [1.807, 2.05) is 0 Å². The van der Waals surface area contributed by atoms with Crippen LogP contribution in [0.25, 0.3) is 0 Å². The minimum atomic E-state index is 0.539. The van der Waals surface area contributed by atoms with Crippen LogP contribution in [0.4, 0.5) is 0 Å². The number of aryl methyl sites for hydroxylation is 2. The third kappa shape index (κ3) is 1.23. The van der Waals surface area contributed by atoms with E-state index < -0.39 is 0 Å². The van der Waals surface area contributed by atoms with E-state index in [0.717, 1.165) is 11.8 Å². The van der Waals surface area contributed by atoms with Gasteiger partial charge in [-0.1, -0.05) is 19.9 Å². The molecule has 1 aromatic heterocycles. The maximum Gasteiger partial charge on any atom is 0.0445 e. The van der Waals surface area contributed by atoms with Gasteiger partial charge in [0.1, 0.15) is 0 Å². The number of fused-ring (bicyclic) bond motifs is 1. The van der Waals surface area contributed by atoms with Gasteiger partial charge in [-0.15, -0.1) is 0 Å². The predicted molar refractivity (Wildman–Crippen MR) is 69.2 cm³/mol. The van der Waals surface area contributed by atoms with Gasteiger partial charge < -0.3 is 0 Å². The first-order chi connectivity index (χ1) is 8.16. The molecule has 0 aromatic carbocycles. The summed E-state index contributed by atoms with van der Waals surface area (Å²) in [6, 6.07) is 2.53. The largest absolute Gasteiger partial charge is 0.257 e. The van der Waals surface area contributed by atoms with Crippen molar-refractivity contribution in [3.05, 3.63) is 28.6 Å². The zero-order valence-corrected chi connectivity index (χ0v) is 10.9. The number of rotatable bonds is 0. The van der Waals surface area contributed by atoms with E-state index in [1.54, 1.807) is 11.1 Å². The van der Waals surface area contributed by atoms with E-state index >= 15 is 0 Å². The topological polar surface area (TPSA) is 12.9 Å². The molecule has 1 saturated carbocycles. The monoisotopic (exact) mass is 227 g/mol. The lowest BCUT2D eigenvalue weighted by atomic mass is 9.48. The van der Waals surface area contributed by atoms with Crippen LogP contribution < -0.4 is 0 Å². The second kappa shape index (κ2) is 3.13. The van der Waals surface area contributed by atoms with Crippen LogP contribution in [0, 0.1) is 11.3 Å². The highest BCUT2D eigenvalue weighted by molar-refractivity contribution is 5.41. The summed E-state index contributed by atoms with van der Waals surface area (Å²) in [6.07, 6.45) is 7.86. The fourth-order valence-corrected chi connectivity index (χ4v) is 4.28. The summed E-state index contributed by atoms with van der Waals surface area (Å²) in [6.45, 7) is 4.91. The van der Waals surface area contributed by atoms with E-state index in [0.29, 0.717) is 5.41 Å². The molecule has 4 aliphatic carbocycles. The van der Waals surface area contributed by atoms with Crippen molar-refractivity contribution in [1.29, 1.82) is 0 Å². The molecule has 1 heteroatoms. The van der Waals surface area contributed by atoms with E-state index in [4.69, 9.17) is 4.98 Å². The lowest BCUT2D eigenvalue weighted by Gasteiger charge is -2.57. The Morgan fingerprint density at radius 2 is 2.00 bits per heavy atom. The van der Waals surface area contributed by atoms with Gasteiger partial charge in [0.2, 0.25) is 0 Å². The van der Waals surface area contributed by atoms with Crippen molar-refractivity contribution >= 4 is 0 Å². The van der Waals surface area contributed by atoms with Gasteiger partial charge in [-0.25, -0.2) is 0 Å². The summed E-state index contributed by atoms with van der Waals surface area (Å²) >= 11 is 0. The Kier molecular flexibility index (Phi) is 1.86. The van der Waals surface area contributed by atoms with Crippen LogP contribution in [0.1, 0.15) is 61.5 Å². The third-order valence-electron chi connectivity index (χ3n) is 5.70. The van der Waals surface area contributed by atoms with Crippen LogP contribution in [-0.4, -0.2) is 4.98 Å². The maximum absolute atomic E-state index is 5.00. The number of nitrogens with zero attached hydrogens (tertiary/aromatic N) is 1. The summed E-state index contributed by atoms with van der Waals surface area (Å²) in [5.41, 5.74) is 6.59. The van der Waals surface area contributed by atoms with Crippen molar-refractivity contribution in [2.24, 2.45) is 11.3 Å². The molecule has 1 fully saturated rings. The molecule has 0 radical (unpaired) electrons. The molecule has 2 bridgehead atoms. The van der Waals surface area contributed by atoms with Gasteiger partial charge in [-0.3, -0.25) is 4.98 Å². The van der Waals surface area contributed by atoms with Crippen LogP contribution in [0.5, 0.6) is 0 Å². The molecule has 0 aliphatic heterocycles. The Balaban J connectivity index is 1.84. The smallest absolute Gasteiger partial charge is 0.0445 e. The molecule has 0 N–H and O–H groups in total. The Labute approximate surface area is 104 Å². The third-order valence-corrected chi connectivity index (χ3v) is 5.70. The molecule has 17 heavy (non-hydrogen) atoms. The minimum absolute atomic E-state index is 0.539. The highest BCUT2D eigenvalue weighted by Crippen LogP contribution is 2.62. The molecule has 4 aliphatic rings. The lowest BCUT2D eigenvalue weighted by Crippen LogP contribution is -2.48. The Bertz CT molecular complexity index is 487. The van der Waals surface area contributed by atoms with Crippen LogP contribution in [0.2, 0.25) is 0 Å². The van der Waals surface area contributed by atoms with E-state index in [1.165, 1.54) is 49.9 Å². The minimum Gasteiger partial charge on any atom is -0.257 e. The highest BCUT2D eigenvalue weighted by atomic mass is 14.8. The fourth-order valence-electron chi connectivity index (χ4n) is 4.28. The zero-order valence-electron chi connectivity index (χ0n) is 10.9. The second-order valence-corrected chi connectivity index (χ2v) is 6.85. The number of aromatic nitrogens is 1. The number of hydrogen-bond acceptors (Lipinski definition) is 1. The first-order valence-corrected chi connectivity index (χ1v) is 7.18. The van der Waals surface area contributed by atoms with Gasteiger partial charge in [0.25, 0.3) is 0 Å². The molecule has 1 unspecified atom stereocenters. The van der Waals surface area contributed by atoms with Gasteiger partial charge >= 0.3 is 0 Å². The average molecular weight is 227 g/mol. The summed E-state index contributed by atoms with van der Waals surface area (Å²) in [5.74, 6) is 1.70. The summed E-state index contributed by atoms with van der Waals surface area (Å²) in [4.78, 5) is 5.00. The van der Waals surface area contributed by atoms with Crippen molar-refractivity contribution in [3.8, 4) is 0 Å².